The van der Waals surface area contributed by atoms with E-state index >= 15 is 0 Å². The Bertz CT molecular complexity index is 841. The van der Waals surface area contributed by atoms with Gasteiger partial charge in [0.1, 0.15) is 5.75 Å². The summed E-state index contributed by atoms with van der Waals surface area (Å²) >= 11 is 0. The van der Waals surface area contributed by atoms with Gasteiger partial charge in [0.05, 0.1) is 18.3 Å². The number of aryl methyl sites for hydroxylation is 1. The van der Waals surface area contributed by atoms with Gasteiger partial charge in [0.25, 0.3) is 0 Å². The molecule has 1 N–H and O–H groups in total. The van der Waals surface area contributed by atoms with Crippen LogP contribution in [0.1, 0.15) is 58.8 Å². The second kappa shape index (κ2) is 8.74. The first-order valence-corrected chi connectivity index (χ1v) is 10.0. The van der Waals surface area contributed by atoms with Crippen LogP contribution in [0.15, 0.2) is 30.3 Å². The normalized spacial score (nSPS) is 18.6. The fourth-order valence-electron chi connectivity index (χ4n) is 4.22. The van der Waals surface area contributed by atoms with Crippen LogP contribution in [0.5, 0.6) is 5.75 Å². The van der Waals surface area contributed by atoms with Crippen LogP contribution in [0, 0.1) is 19.8 Å². The van der Waals surface area contributed by atoms with E-state index in [0.717, 1.165) is 42.9 Å². The predicted octanol–water partition coefficient (Wildman–Crippen LogP) is 4.20. The molecule has 2 heterocycles. The van der Waals surface area contributed by atoms with Crippen molar-refractivity contribution in [2.24, 2.45) is 5.92 Å². The number of benzene rings is 1. The van der Waals surface area contributed by atoms with Gasteiger partial charge in [-0.05, 0) is 64.8 Å². The van der Waals surface area contributed by atoms with Crippen molar-refractivity contribution in [1.29, 1.82) is 0 Å². The fraction of sp³-hybridized carbons (Fsp3) is 0.478. The Morgan fingerprint density at radius 1 is 1.25 bits per heavy atom. The second-order valence-electron chi connectivity index (χ2n) is 7.85. The Kier molecular flexibility index (Phi) is 6.35. The first-order valence-electron chi connectivity index (χ1n) is 10.0. The molecule has 0 spiro atoms. The summed E-state index contributed by atoms with van der Waals surface area (Å²) in [6.45, 7) is 9.63. The van der Waals surface area contributed by atoms with Crippen LogP contribution in [-0.4, -0.2) is 47.2 Å². The van der Waals surface area contributed by atoms with Crippen molar-refractivity contribution in [3.8, 4) is 5.75 Å². The molecule has 1 fully saturated rings. The van der Waals surface area contributed by atoms with Gasteiger partial charge >= 0.3 is 0 Å². The van der Waals surface area contributed by atoms with Crippen molar-refractivity contribution in [2.75, 3.05) is 19.7 Å². The number of nitrogens with zero attached hydrogens (tertiary/aromatic N) is 1. The number of carbonyl (C=O) groups is 2. The monoisotopic (exact) mass is 382 g/mol. The molecule has 5 heteroatoms. The minimum absolute atomic E-state index is 0.00551. The highest BCUT2D eigenvalue weighted by atomic mass is 16.5. The molecule has 150 valence electrons. The summed E-state index contributed by atoms with van der Waals surface area (Å²) in [5.41, 5.74) is 2.75. The van der Waals surface area contributed by atoms with Crippen LogP contribution >= 0.6 is 0 Å². The van der Waals surface area contributed by atoms with Gasteiger partial charge in [-0.2, -0.15) is 0 Å². The third-order valence-electron chi connectivity index (χ3n) is 5.74. The summed E-state index contributed by atoms with van der Waals surface area (Å²) in [6, 6.07) is 9.63. The number of piperidine rings is 1. The van der Waals surface area contributed by atoms with E-state index < -0.39 is 0 Å². The molecule has 0 saturated carbocycles. The molecule has 2 unspecified atom stereocenters. The summed E-state index contributed by atoms with van der Waals surface area (Å²) in [5, 5.41) is 0. The van der Waals surface area contributed by atoms with Gasteiger partial charge in [-0.15, -0.1) is 0 Å². The maximum absolute atomic E-state index is 13.1. The Morgan fingerprint density at radius 2 is 1.96 bits per heavy atom. The van der Waals surface area contributed by atoms with Gasteiger partial charge in [-0.1, -0.05) is 18.2 Å². The summed E-state index contributed by atoms with van der Waals surface area (Å²) in [6.07, 6.45) is 2.17. The number of nitrogens with one attached hydrogen (secondary N) is 1. The largest absolute Gasteiger partial charge is 0.493 e. The number of hydrogen-bond donors (Lipinski definition) is 1. The maximum atomic E-state index is 13.1. The Morgan fingerprint density at radius 3 is 2.61 bits per heavy atom. The van der Waals surface area contributed by atoms with Gasteiger partial charge in [0.2, 0.25) is 0 Å². The zero-order chi connectivity index (χ0) is 20.3. The topological polar surface area (TPSA) is 62.4 Å². The third-order valence-corrected chi connectivity index (χ3v) is 5.74. The number of ketones is 2. The smallest absolute Gasteiger partial charge is 0.196 e. The van der Waals surface area contributed by atoms with Crippen LogP contribution in [0.2, 0.25) is 0 Å². The summed E-state index contributed by atoms with van der Waals surface area (Å²) in [5.74, 6) is 1.34. The highest BCUT2D eigenvalue weighted by molar-refractivity contribution is 6.05. The van der Waals surface area contributed by atoms with E-state index in [-0.39, 0.29) is 17.6 Å². The molecule has 1 saturated heterocycles. The lowest BCUT2D eigenvalue weighted by Gasteiger charge is -2.36. The maximum Gasteiger partial charge on any atom is 0.196 e. The standard InChI is InChI=1S/C23H30N2O3/c1-15-21(18(4)26)16(2)24-22(15)23(27)17(3)25-12-8-9-19(13-25)14-28-20-10-6-5-7-11-20/h5-7,10-11,17,19,24H,8-9,12-14H2,1-4H3. The number of ether oxygens (including phenoxy) is 1. The van der Waals surface area contributed by atoms with Gasteiger partial charge in [-0.25, -0.2) is 0 Å². The molecule has 28 heavy (non-hydrogen) atoms. The first kappa shape index (κ1) is 20.3. The lowest BCUT2D eigenvalue weighted by molar-refractivity contribution is 0.0690. The Balaban J connectivity index is 1.65. The molecule has 1 aromatic carbocycles. The molecular weight excluding hydrogens is 352 g/mol. The van der Waals surface area contributed by atoms with E-state index in [1.54, 1.807) is 6.92 Å². The predicted molar refractivity (Wildman–Crippen MR) is 110 cm³/mol. The van der Waals surface area contributed by atoms with E-state index in [0.29, 0.717) is 23.8 Å². The SMILES string of the molecule is CC(=O)c1c(C)[nH]c(C(=O)C(C)N2CCCC(COc3ccccc3)C2)c1C. The van der Waals surface area contributed by atoms with E-state index in [1.807, 2.05) is 51.1 Å². The van der Waals surface area contributed by atoms with Crippen LogP contribution in [0.4, 0.5) is 0 Å². The van der Waals surface area contributed by atoms with Gasteiger partial charge in [0.15, 0.2) is 11.6 Å². The molecule has 0 aliphatic carbocycles. The average molecular weight is 383 g/mol. The minimum atomic E-state index is -0.226. The second-order valence-corrected chi connectivity index (χ2v) is 7.85. The molecule has 3 rings (SSSR count). The molecule has 1 aromatic heterocycles. The zero-order valence-corrected chi connectivity index (χ0v) is 17.2. The van der Waals surface area contributed by atoms with Gasteiger partial charge in [-0.3, -0.25) is 14.5 Å². The third kappa shape index (κ3) is 4.36. The summed E-state index contributed by atoms with van der Waals surface area (Å²) < 4.78 is 5.93. The van der Waals surface area contributed by atoms with Gasteiger partial charge < -0.3 is 9.72 Å². The fourth-order valence-corrected chi connectivity index (χ4v) is 4.22. The number of para-hydroxylation sites is 1. The van der Waals surface area contributed by atoms with E-state index in [1.165, 1.54) is 0 Å². The first-order chi connectivity index (χ1) is 13.4. The minimum Gasteiger partial charge on any atom is -0.493 e. The summed E-state index contributed by atoms with van der Waals surface area (Å²) in [7, 11) is 0. The van der Waals surface area contributed by atoms with E-state index in [9.17, 15) is 9.59 Å². The number of hydrogen-bond acceptors (Lipinski definition) is 4. The number of rotatable bonds is 7. The molecular formula is C23H30N2O3. The average Bonchev–Trinajstić information content (AvgIpc) is 3.00. The van der Waals surface area contributed by atoms with Crippen LogP contribution in [0.3, 0.4) is 0 Å². The molecule has 0 bridgehead atoms. The molecule has 2 atom stereocenters. The van der Waals surface area contributed by atoms with Gasteiger partial charge in [0, 0.05) is 23.7 Å². The Labute approximate surface area is 167 Å². The lowest BCUT2D eigenvalue weighted by atomic mass is 9.95. The van der Waals surface area contributed by atoms with Crippen LogP contribution in [0.25, 0.3) is 0 Å². The highest BCUT2D eigenvalue weighted by Crippen LogP contribution is 2.24. The molecule has 5 nitrogen and oxygen atoms in total. The zero-order valence-electron chi connectivity index (χ0n) is 17.2. The molecule has 2 aromatic rings. The highest BCUT2D eigenvalue weighted by Gasteiger charge is 2.30. The van der Waals surface area contributed by atoms with Crippen molar-refractivity contribution in [1.82, 2.24) is 9.88 Å². The number of likely N-dealkylation sites (tertiary alicyclic amines) is 1. The van der Waals surface area contributed by atoms with Crippen molar-refractivity contribution in [2.45, 2.75) is 46.6 Å². The molecule has 0 radical (unpaired) electrons. The van der Waals surface area contributed by atoms with Crippen LogP contribution in [-0.2, 0) is 0 Å². The Hall–Kier alpha value is -2.40. The van der Waals surface area contributed by atoms with Crippen molar-refractivity contribution < 1.29 is 14.3 Å². The number of aromatic amines is 1. The van der Waals surface area contributed by atoms with Crippen LogP contribution < -0.4 is 4.74 Å². The number of H-pyrrole nitrogens is 1. The number of Topliss-reactive ketones (excluding diaryl/α,β-unsaturated/α-hetero) is 2. The molecule has 1 aliphatic rings. The van der Waals surface area contributed by atoms with Crippen molar-refractivity contribution in [3.63, 3.8) is 0 Å². The molecule has 0 amide bonds. The van der Waals surface area contributed by atoms with E-state index in [4.69, 9.17) is 4.74 Å². The summed E-state index contributed by atoms with van der Waals surface area (Å²) in [4.78, 5) is 30.4. The van der Waals surface area contributed by atoms with E-state index in [2.05, 4.69) is 9.88 Å². The number of aromatic nitrogens is 1. The van der Waals surface area contributed by atoms with Crippen molar-refractivity contribution in [3.05, 3.63) is 52.8 Å². The number of carbonyl (C=O) groups excluding carboxylic acids is 2. The quantitative estimate of drug-likeness (QED) is 0.729. The lowest BCUT2D eigenvalue weighted by Crippen LogP contribution is -2.46. The van der Waals surface area contributed by atoms with Crippen molar-refractivity contribution >= 4 is 11.6 Å². The molecule has 1 aliphatic heterocycles.